The van der Waals surface area contributed by atoms with Gasteiger partial charge < -0.3 is 9.73 Å². The van der Waals surface area contributed by atoms with E-state index < -0.39 is 10.0 Å². The van der Waals surface area contributed by atoms with E-state index in [2.05, 4.69) is 17.0 Å². The van der Waals surface area contributed by atoms with Gasteiger partial charge in [-0.05, 0) is 44.4 Å². The van der Waals surface area contributed by atoms with Crippen LogP contribution in [0.15, 0.2) is 21.6 Å². The van der Waals surface area contributed by atoms with Gasteiger partial charge in [-0.3, -0.25) is 0 Å². The van der Waals surface area contributed by atoms with Gasteiger partial charge >= 0.3 is 0 Å². The maximum absolute atomic E-state index is 12.2. The Bertz CT molecular complexity index is 520. The normalized spacial score (nSPS) is 17.3. The first-order valence-electron chi connectivity index (χ1n) is 7.33. The maximum atomic E-state index is 12.2. The third-order valence-electron chi connectivity index (χ3n) is 3.37. The van der Waals surface area contributed by atoms with E-state index in [1.54, 1.807) is 6.07 Å². The van der Waals surface area contributed by atoms with E-state index in [0.717, 1.165) is 19.4 Å². The van der Waals surface area contributed by atoms with Crippen LogP contribution in [0.1, 0.15) is 45.3 Å². The predicted octanol–water partition coefficient (Wildman–Crippen LogP) is 2.25. The Hall–Kier alpha value is -0.850. The van der Waals surface area contributed by atoms with Crippen molar-refractivity contribution in [3.05, 3.63) is 17.9 Å². The molecule has 0 spiro atoms. The molecule has 20 heavy (non-hydrogen) atoms. The minimum atomic E-state index is -3.53. The quantitative estimate of drug-likeness (QED) is 0.686. The second-order valence-corrected chi connectivity index (χ2v) is 7.24. The molecule has 1 atom stereocenters. The highest BCUT2D eigenvalue weighted by molar-refractivity contribution is 7.89. The lowest BCUT2D eigenvalue weighted by molar-refractivity contribution is 0.397. The fraction of sp³-hybridized carbons (Fsp3) is 0.714. The monoisotopic (exact) mass is 300 g/mol. The minimum absolute atomic E-state index is 0.00782. The lowest BCUT2D eigenvalue weighted by Crippen LogP contribution is -2.32. The molecule has 0 aliphatic heterocycles. The molecule has 1 unspecified atom stereocenters. The highest BCUT2D eigenvalue weighted by Gasteiger charge is 2.27. The Balaban J connectivity index is 1.90. The van der Waals surface area contributed by atoms with Gasteiger partial charge in [0.1, 0.15) is 5.76 Å². The summed E-state index contributed by atoms with van der Waals surface area (Å²) in [6.07, 6.45) is 4.39. The molecule has 1 aromatic heterocycles. The maximum Gasteiger partial charge on any atom is 0.274 e. The van der Waals surface area contributed by atoms with E-state index in [1.807, 2.05) is 6.92 Å². The lowest BCUT2D eigenvalue weighted by Gasteiger charge is -2.12. The molecule has 1 aromatic rings. The summed E-state index contributed by atoms with van der Waals surface area (Å²) >= 11 is 0. The van der Waals surface area contributed by atoms with Crippen LogP contribution in [-0.2, 0) is 16.6 Å². The fourth-order valence-corrected chi connectivity index (χ4v) is 3.42. The van der Waals surface area contributed by atoms with Crippen molar-refractivity contribution in [3.63, 3.8) is 0 Å². The van der Waals surface area contributed by atoms with Gasteiger partial charge in [0.05, 0.1) is 6.54 Å². The van der Waals surface area contributed by atoms with Crippen molar-refractivity contribution < 1.29 is 12.8 Å². The summed E-state index contributed by atoms with van der Waals surface area (Å²) in [6.45, 7) is 5.43. The zero-order valence-electron chi connectivity index (χ0n) is 12.2. The van der Waals surface area contributed by atoms with Crippen molar-refractivity contribution in [1.82, 2.24) is 10.0 Å². The summed E-state index contributed by atoms with van der Waals surface area (Å²) < 4.78 is 32.4. The van der Waals surface area contributed by atoms with Gasteiger partial charge in [-0.2, -0.15) is 0 Å². The molecule has 0 bridgehead atoms. The smallest absolute Gasteiger partial charge is 0.274 e. The molecular formula is C14H24N2O3S. The zero-order chi connectivity index (χ0) is 14.6. The average molecular weight is 300 g/mol. The Morgan fingerprint density at radius 2 is 2.15 bits per heavy atom. The topological polar surface area (TPSA) is 71.3 Å². The summed E-state index contributed by atoms with van der Waals surface area (Å²) in [4.78, 5) is 0. The minimum Gasteiger partial charge on any atom is -0.447 e. The number of sulfonamides is 1. The van der Waals surface area contributed by atoms with E-state index in [4.69, 9.17) is 4.42 Å². The molecule has 2 rings (SSSR count). The third-order valence-corrected chi connectivity index (χ3v) is 4.83. The molecule has 0 amide bonds. The number of hydrogen-bond donors (Lipinski definition) is 2. The Kier molecular flexibility index (Phi) is 5.23. The second kappa shape index (κ2) is 6.74. The first-order valence-corrected chi connectivity index (χ1v) is 8.81. The number of nitrogens with one attached hydrogen (secondary N) is 2. The average Bonchev–Trinajstić information content (AvgIpc) is 3.04. The summed E-state index contributed by atoms with van der Waals surface area (Å²) in [5, 5.41) is 3.19. The number of furan rings is 1. The van der Waals surface area contributed by atoms with Crippen LogP contribution in [0.25, 0.3) is 0 Å². The molecule has 0 aromatic carbocycles. The van der Waals surface area contributed by atoms with Gasteiger partial charge in [0.25, 0.3) is 10.0 Å². The van der Waals surface area contributed by atoms with Crippen LogP contribution < -0.4 is 10.0 Å². The van der Waals surface area contributed by atoms with E-state index in [0.29, 0.717) is 18.2 Å². The lowest BCUT2D eigenvalue weighted by atomic mass is 10.2. The Labute approximate surface area is 121 Å². The molecular weight excluding hydrogens is 276 g/mol. The van der Waals surface area contributed by atoms with Gasteiger partial charge in [0.15, 0.2) is 0 Å². The molecule has 0 radical (unpaired) electrons. The Morgan fingerprint density at radius 1 is 1.40 bits per heavy atom. The van der Waals surface area contributed by atoms with Crippen LogP contribution in [0.4, 0.5) is 0 Å². The molecule has 5 nitrogen and oxygen atoms in total. The van der Waals surface area contributed by atoms with Crippen LogP contribution in [0, 0.1) is 5.92 Å². The van der Waals surface area contributed by atoms with E-state index in [9.17, 15) is 8.42 Å². The molecule has 1 heterocycles. The molecule has 1 fully saturated rings. The highest BCUT2D eigenvalue weighted by atomic mass is 32.2. The van der Waals surface area contributed by atoms with Crippen LogP contribution >= 0.6 is 0 Å². The largest absolute Gasteiger partial charge is 0.447 e. The van der Waals surface area contributed by atoms with Gasteiger partial charge in [-0.25, -0.2) is 13.1 Å². The molecule has 0 saturated heterocycles. The SMILES string of the molecule is CCCNCc1ccc(S(=O)(=O)NC(C)CC2CC2)o1. The first kappa shape index (κ1) is 15.5. The molecule has 2 N–H and O–H groups in total. The van der Waals surface area contributed by atoms with E-state index >= 15 is 0 Å². The number of rotatable bonds is 9. The second-order valence-electron chi connectivity index (χ2n) is 5.60. The summed E-state index contributed by atoms with van der Waals surface area (Å²) in [5.74, 6) is 1.34. The van der Waals surface area contributed by atoms with Gasteiger partial charge in [-0.1, -0.05) is 19.8 Å². The first-order chi connectivity index (χ1) is 9.51. The fourth-order valence-electron chi connectivity index (χ4n) is 2.21. The van der Waals surface area contributed by atoms with E-state index in [-0.39, 0.29) is 11.1 Å². The van der Waals surface area contributed by atoms with Crippen molar-refractivity contribution in [3.8, 4) is 0 Å². The van der Waals surface area contributed by atoms with Gasteiger partial charge in [0, 0.05) is 6.04 Å². The van der Waals surface area contributed by atoms with E-state index in [1.165, 1.54) is 18.9 Å². The molecule has 1 aliphatic carbocycles. The predicted molar refractivity (Wildman–Crippen MR) is 77.8 cm³/mol. The van der Waals surface area contributed by atoms with Gasteiger partial charge in [0.2, 0.25) is 5.09 Å². The third kappa shape index (κ3) is 4.61. The van der Waals surface area contributed by atoms with Crippen molar-refractivity contribution >= 4 is 10.0 Å². The summed E-state index contributed by atoms with van der Waals surface area (Å²) in [6, 6.07) is 3.19. The molecule has 6 heteroatoms. The van der Waals surface area contributed by atoms with Crippen LogP contribution in [0.5, 0.6) is 0 Å². The summed E-state index contributed by atoms with van der Waals surface area (Å²) in [7, 11) is -3.53. The molecule has 114 valence electrons. The van der Waals surface area contributed by atoms with Crippen LogP contribution in [-0.4, -0.2) is 21.0 Å². The van der Waals surface area contributed by atoms with Crippen LogP contribution in [0.2, 0.25) is 0 Å². The number of hydrogen-bond acceptors (Lipinski definition) is 4. The Morgan fingerprint density at radius 3 is 2.80 bits per heavy atom. The highest BCUT2D eigenvalue weighted by Crippen LogP contribution is 2.33. The molecule has 1 saturated carbocycles. The summed E-state index contributed by atoms with van der Waals surface area (Å²) in [5.41, 5.74) is 0. The standard InChI is InChI=1S/C14H24N2O3S/c1-3-8-15-10-13-6-7-14(19-13)20(17,18)16-11(2)9-12-4-5-12/h6-7,11-12,15-16H,3-5,8-10H2,1-2H3. The van der Waals surface area contributed by atoms with Crippen molar-refractivity contribution in [1.29, 1.82) is 0 Å². The van der Waals surface area contributed by atoms with Crippen LogP contribution in [0.3, 0.4) is 0 Å². The molecule has 1 aliphatic rings. The van der Waals surface area contributed by atoms with Crippen molar-refractivity contribution in [2.45, 2.75) is 57.2 Å². The van der Waals surface area contributed by atoms with Crippen molar-refractivity contribution in [2.75, 3.05) is 6.54 Å². The van der Waals surface area contributed by atoms with Gasteiger partial charge in [-0.15, -0.1) is 0 Å². The van der Waals surface area contributed by atoms with Crippen molar-refractivity contribution in [2.24, 2.45) is 5.92 Å². The zero-order valence-corrected chi connectivity index (χ0v) is 13.0.